The monoisotopic (exact) mass is 836 g/mol. The number of nitrogens with one attached hydrogen (secondary N) is 1. The molecule has 0 spiro atoms. The van der Waals surface area contributed by atoms with Gasteiger partial charge in [0.25, 0.3) is 0 Å². The van der Waals surface area contributed by atoms with E-state index in [2.05, 4.69) is 19.2 Å². The van der Waals surface area contributed by atoms with E-state index in [0.29, 0.717) is 12.8 Å². The van der Waals surface area contributed by atoms with E-state index in [1.165, 1.54) is 103 Å². The number of carbonyl (C=O) groups is 1. The second-order valence-corrected chi connectivity index (χ2v) is 16.9. The second kappa shape index (κ2) is 32.7. The third-order valence-corrected chi connectivity index (χ3v) is 11.8. The lowest BCUT2D eigenvalue weighted by Crippen LogP contribution is -2.65. The van der Waals surface area contributed by atoms with E-state index < -0.39 is 86.8 Å². The summed E-state index contributed by atoms with van der Waals surface area (Å²) in [6.45, 7) is 2.82. The van der Waals surface area contributed by atoms with Crippen molar-refractivity contribution >= 4 is 5.91 Å². The van der Waals surface area contributed by atoms with Crippen LogP contribution in [0.2, 0.25) is 0 Å². The van der Waals surface area contributed by atoms with Crippen molar-refractivity contribution in [3.8, 4) is 0 Å². The van der Waals surface area contributed by atoms with E-state index in [4.69, 9.17) is 18.9 Å². The molecule has 0 radical (unpaired) electrons. The van der Waals surface area contributed by atoms with Gasteiger partial charge in [0, 0.05) is 6.42 Å². The fraction of sp³-hybridized carbons (Fsp3) is 0.977. The molecule has 344 valence electrons. The number of ether oxygens (including phenoxy) is 4. The average molecular weight is 836 g/mol. The molecule has 0 aromatic rings. The van der Waals surface area contributed by atoms with Gasteiger partial charge in [-0.05, 0) is 12.8 Å². The highest BCUT2D eigenvalue weighted by Gasteiger charge is 2.51. The predicted octanol–water partition coefficient (Wildman–Crippen LogP) is 4.66. The zero-order valence-corrected chi connectivity index (χ0v) is 36.1. The lowest BCUT2D eigenvalue weighted by Gasteiger charge is -2.46. The maximum absolute atomic E-state index is 13.1. The predicted molar refractivity (Wildman–Crippen MR) is 222 cm³/mol. The molecule has 0 aromatic carbocycles. The molecule has 0 saturated carbocycles. The Labute approximate surface area is 349 Å². The Bertz CT molecular complexity index is 993. The van der Waals surface area contributed by atoms with Gasteiger partial charge >= 0.3 is 0 Å². The lowest BCUT2D eigenvalue weighted by atomic mass is 9.97. The van der Waals surface area contributed by atoms with Crippen molar-refractivity contribution in [2.24, 2.45) is 0 Å². The third-order valence-electron chi connectivity index (χ3n) is 11.8. The summed E-state index contributed by atoms with van der Waals surface area (Å²) in [5.74, 6) is -0.207. The van der Waals surface area contributed by atoms with Crippen LogP contribution in [0, 0.1) is 0 Å². The van der Waals surface area contributed by atoms with E-state index in [9.17, 15) is 45.6 Å². The molecule has 0 aliphatic carbocycles. The van der Waals surface area contributed by atoms with Crippen molar-refractivity contribution in [2.45, 2.75) is 254 Å². The van der Waals surface area contributed by atoms with Crippen LogP contribution in [0.5, 0.6) is 0 Å². The molecule has 12 unspecified atom stereocenters. The Morgan fingerprint density at radius 1 is 0.552 bits per heavy atom. The molecule has 0 bridgehead atoms. The number of aliphatic hydroxyl groups is 8. The van der Waals surface area contributed by atoms with Crippen molar-refractivity contribution in [1.29, 1.82) is 0 Å². The Kier molecular flexibility index (Phi) is 29.9. The average Bonchev–Trinajstić information content (AvgIpc) is 3.22. The highest BCUT2D eigenvalue weighted by atomic mass is 16.7. The summed E-state index contributed by atoms with van der Waals surface area (Å²) in [6.07, 6.45) is 12.6. The van der Waals surface area contributed by atoms with E-state index in [0.717, 1.165) is 51.4 Å². The molecule has 2 heterocycles. The number of hydrogen-bond acceptors (Lipinski definition) is 13. The molecule has 1 amide bonds. The number of amides is 1. The van der Waals surface area contributed by atoms with E-state index in [1.54, 1.807) is 0 Å². The molecule has 14 nitrogen and oxygen atoms in total. The molecule has 2 saturated heterocycles. The largest absolute Gasteiger partial charge is 0.394 e. The van der Waals surface area contributed by atoms with Gasteiger partial charge < -0.3 is 65.1 Å². The summed E-state index contributed by atoms with van der Waals surface area (Å²) in [6, 6.07) is -0.818. The van der Waals surface area contributed by atoms with Gasteiger partial charge in [-0.15, -0.1) is 0 Å². The smallest absolute Gasteiger partial charge is 0.220 e. The zero-order chi connectivity index (χ0) is 42.5. The van der Waals surface area contributed by atoms with Gasteiger partial charge in [0.05, 0.1) is 32.0 Å². The molecule has 2 rings (SSSR count). The minimum absolute atomic E-state index is 0.207. The SMILES string of the molecule is CCCCCCCCCCCCCCCCC(=O)NC(COC1OC(CO)C(OC2OC(CO)C(O)C(O)C2O)C(O)C1O)C(O)CCCCCCCCCCCC. The summed E-state index contributed by atoms with van der Waals surface area (Å²) < 4.78 is 22.7. The van der Waals surface area contributed by atoms with Crippen LogP contribution in [0.25, 0.3) is 0 Å². The summed E-state index contributed by atoms with van der Waals surface area (Å²) in [5, 5.41) is 86.5. The minimum atomic E-state index is -1.78. The Balaban J connectivity index is 1.86. The van der Waals surface area contributed by atoms with Crippen LogP contribution in [0.3, 0.4) is 0 Å². The molecule has 58 heavy (non-hydrogen) atoms. The van der Waals surface area contributed by atoms with E-state index in [1.807, 2.05) is 0 Å². The summed E-state index contributed by atoms with van der Waals surface area (Å²) in [5.41, 5.74) is 0. The normalized spacial score (nSPS) is 28.7. The van der Waals surface area contributed by atoms with Crippen LogP contribution in [-0.2, 0) is 23.7 Å². The van der Waals surface area contributed by atoms with E-state index in [-0.39, 0.29) is 12.5 Å². The molecule has 12 atom stereocenters. The standard InChI is InChI=1S/C44H85NO13/c1-3-5-7-9-11-13-15-16-17-18-20-22-24-26-28-36(49)45-32(33(48)27-25-23-21-19-14-12-10-8-6-4-2)31-55-43-41(54)39(52)42(35(30-47)57-43)58-44-40(53)38(51)37(50)34(29-46)56-44/h32-35,37-44,46-48,50-54H,3-31H2,1-2H3,(H,45,49). The van der Waals surface area contributed by atoms with Crippen LogP contribution >= 0.6 is 0 Å². The van der Waals surface area contributed by atoms with Gasteiger partial charge in [0.15, 0.2) is 12.6 Å². The van der Waals surface area contributed by atoms with E-state index >= 15 is 0 Å². The number of aliphatic hydroxyl groups excluding tert-OH is 8. The first kappa shape index (κ1) is 53.1. The van der Waals surface area contributed by atoms with Crippen molar-refractivity contribution in [2.75, 3.05) is 19.8 Å². The Morgan fingerprint density at radius 3 is 1.47 bits per heavy atom. The third kappa shape index (κ3) is 20.7. The second-order valence-electron chi connectivity index (χ2n) is 16.9. The molecule has 2 fully saturated rings. The maximum Gasteiger partial charge on any atom is 0.220 e. The number of hydrogen-bond donors (Lipinski definition) is 9. The summed E-state index contributed by atoms with van der Waals surface area (Å²) in [7, 11) is 0. The van der Waals surface area contributed by atoms with Gasteiger partial charge in [-0.2, -0.15) is 0 Å². The molecular weight excluding hydrogens is 750 g/mol. The van der Waals surface area contributed by atoms with Gasteiger partial charge in [0.1, 0.15) is 48.8 Å². The van der Waals surface area contributed by atoms with Crippen molar-refractivity contribution in [1.82, 2.24) is 5.32 Å². The molecule has 9 N–H and O–H groups in total. The van der Waals surface area contributed by atoms with Crippen LogP contribution in [0.15, 0.2) is 0 Å². The quantitative estimate of drug-likeness (QED) is 0.0397. The highest BCUT2D eigenvalue weighted by molar-refractivity contribution is 5.76. The zero-order valence-electron chi connectivity index (χ0n) is 36.1. The van der Waals surface area contributed by atoms with Gasteiger partial charge in [0.2, 0.25) is 5.91 Å². The fourth-order valence-electron chi connectivity index (χ4n) is 7.94. The minimum Gasteiger partial charge on any atom is -0.394 e. The molecule has 14 heteroatoms. The summed E-state index contributed by atoms with van der Waals surface area (Å²) >= 11 is 0. The van der Waals surface area contributed by atoms with Crippen LogP contribution < -0.4 is 5.32 Å². The molecule has 2 aliphatic rings. The molecule has 2 aliphatic heterocycles. The van der Waals surface area contributed by atoms with Gasteiger partial charge in [-0.3, -0.25) is 4.79 Å². The summed E-state index contributed by atoms with van der Waals surface area (Å²) in [4.78, 5) is 13.1. The topological polar surface area (TPSA) is 228 Å². The van der Waals surface area contributed by atoms with Crippen LogP contribution in [0.4, 0.5) is 0 Å². The van der Waals surface area contributed by atoms with Gasteiger partial charge in [-0.25, -0.2) is 0 Å². The first-order chi connectivity index (χ1) is 28.1. The van der Waals surface area contributed by atoms with Crippen LogP contribution in [0.1, 0.15) is 181 Å². The Morgan fingerprint density at radius 2 is 0.983 bits per heavy atom. The number of unbranched alkanes of at least 4 members (excludes halogenated alkanes) is 22. The highest BCUT2D eigenvalue weighted by Crippen LogP contribution is 2.30. The van der Waals surface area contributed by atoms with Crippen molar-refractivity contribution in [3.05, 3.63) is 0 Å². The maximum atomic E-state index is 13.1. The molecular formula is C44H85NO13. The van der Waals surface area contributed by atoms with Crippen molar-refractivity contribution < 1.29 is 64.6 Å². The molecule has 0 aromatic heterocycles. The first-order valence-electron chi connectivity index (χ1n) is 23.3. The first-order valence-corrected chi connectivity index (χ1v) is 23.3. The lowest BCUT2D eigenvalue weighted by molar-refractivity contribution is -0.359. The Hall–Kier alpha value is -1.01. The van der Waals surface area contributed by atoms with Crippen molar-refractivity contribution in [3.63, 3.8) is 0 Å². The fourth-order valence-corrected chi connectivity index (χ4v) is 7.94. The number of rotatable bonds is 35. The van der Waals surface area contributed by atoms with Crippen LogP contribution in [-0.4, -0.2) is 140 Å². The van der Waals surface area contributed by atoms with Gasteiger partial charge in [-0.1, -0.05) is 162 Å². The number of carbonyl (C=O) groups excluding carboxylic acids is 1.